The molecule has 1 rings (SSSR count). The van der Waals surface area contributed by atoms with E-state index >= 15 is 0 Å². The number of hydrogen-bond donors (Lipinski definition) is 1. The number of aromatic nitrogens is 2. The van der Waals surface area contributed by atoms with E-state index in [2.05, 4.69) is 47.5 Å². The first-order valence-electron chi connectivity index (χ1n) is 4.36. The predicted molar refractivity (Wildman–Crippen MR) is 62.4 cm³/mol. The van der Waals surface area contributed by atoms with Crippen molar-refractivity contribution in [1.82, 2.24) is 9.78 Å². The van der Waals surface area contributed by atoms with Crippen LogP contribution in [0.15, 0.2) is 4.47 Å². The van der Waals surface area contributed by atoms with Crippen molar-refractivity contribution in [2.75, 3.05) is 5.75 Å². The SMILES string of the molecule is Cc1nn(CC(C)CS)c(C)c1Br. The van der Waals surface area contributed by atoms with Crippen molar-refractivity contribution >= 4 is 28.6 Å². The number of rotatable bonds is 3. The van der Waals surface area contributed by atoms with Gasteiger partial charge < -0.3 is 0 Å². The molecule has 0 aliphatic carbocycles. The van der Waals surface area contributed by atoms with Crippen LogP contribution < -0.4 is 0 Å². The summed E-state index contributed by atoms with van der Waals surface area (Å²) in [7, 11) is 0. The average molecular weight is 263 g/mol. The predicted octanol–water partition coefficient (Wildman–Crippen LogP) is 2.83. The average Bonchev–Trinajstić information content (AvgIpc) is 2.34. The molecule has 0 spiro atoms. The largest absolute Gasteiger partial charge is 0.268 e. The molecule has 1 atom stereocenters. The highest BCUT2D eigenvalue weighted by atomic mass is 79.9. The molecule has 0 saturated carbocycles. The lowest BCUT2D eigenvalue weighted by Crippen LogP contribution is -2.11. The molecule has 0 aliphatic rings. The fourth-order valence-electron chi connectivity index (χ4n) is 1.21. The Morgan fingerprint density at radius 3 is 2.54 bits per heavy atom. The Morgan fingerprint density at radius 1 is 1.54 bits per heavy atom. The highest BCUT2D eigenvalue weighted by Gasteiger charge is 2.10. The molecule has 2 nitrogen and oxygen atoms in total. The van der Waals surface area contributed by atoms with Crippen LogP contribution in [0.3, 0.4) is 0 Å². The Morgan fingerprint density at radius 2 is 2.15 bits per heavy atom. The highest BCUT2D eigenvalue weighted by molar-refractivity contribution is 9.10. The van der Waals surface area contributed by atoms with Gasteiger partial charge in [0.05, 0.1) is 10.2 Å². The molecule has 74 valence electrons. The van der Waals surface area contributed by atoms with Crippen LogP contribution in [0.5, 0.6) is 0 Å². The summed E-state index contributed by atoms with van der Waals surface area (Å²) in [5, 5.41) is 4.43. The van der Waals surface area contributed by atoms with Gasteiger partial charge >= 0.3 is 0 Å². The van der Waals surface area contributed by atoms with Gasteiger partial charge in [-0.25, -0.2) is 0 Å². The first-order valence-corrected chi connectivity index (χ1v) is 5.79. The van der Waals surface area contributed by atoms with Gasteiger partial charge in [0.25, 0.3) is 0 Å². The van der Waals surface area contributed by atoms with Gasteiger partial charge in [-0.1, -0.05) is 6.92 Å². The van der Waals surface area contributed by atoms with Crippen molar-refractivity contribution in [3.8, 4) is 0 Å². The van der Waals surface area contributed by atoms with Gasteiger partial charge in [0.15, 0.2) is 0 Å². The molecule has 1 heterocycles. The number of aryl methyl sites for hydroxylation is 1. The molecule has 1 aromatic heterocycles. The van der Waals surface area contributed by atoms with Crippen molar-refractivity contribution < 1.29 is 0 Å². The zero-order chi connectivity index (χ0) is 10.0. The van der Waals surface area contributed by atoms with E-state index in [1.54, 1.807) is 0 Å². The molecule has 1 unspecified atom stereocenters. The second kappa shape index (κ2) is 4.51. The minimum absolute atomic E-state index is 0.563. The van der Waals surface area contributed by atoms with Crippen LogP contribution in [-0.4, -0.2) is 15.5 Å². The topological polar surface area (TPSA) is 17.8 Å². The Hall–Kier alpha value is 0.0400. The highest BCUT2D eigenvalue weighted by Crippen LogP contribution is 2.20. The summed E-state index contributed by atoms with van der Waals surface area (Å²) in [4.78, 5) is 0. The number of halogens is 1. The van der Waals surface area contributed by atoms with E-state index in [9.17, 15) is 0 Å². The maximum atomic E-state index is 4.43. The second-order valence-electron chi connectivity index (χ2n) is 3.45. The van der Waals surface area contributed by atoms with E-state index < -0.39 is 0 Å². The van der Waals surface area contributed by atoms with Gasteiger partial charge in [-0.2, -0.15) is 17.7 Å². The molecular formula is C9H15BrN2S. The molecule has 1 aromatic rings. The summed E-state index contributed by atoms with van der Waals surface area (Å²) in [6.07, 6.45) is 0. The van der Waals surface area contributed by atoms with Gasteiger partial charge in [-0.05, 0) is 41.4 Å². The van der Waals surface area contributed by atoms with Crippen LogP contribution in [0, 0.1) is 19.8 Å². The molecule has 0 bridgehead atoms. The van der Waals surface area contributed by atoms with Gasteiger partial charge in [0, 0.05) is 12.2 Å². The zero-order valence-corrected chi connectivity index (χ0v) is 10.7. The standard InChI is InChI=1S/C9H15BrN2S/c1-6(5-13)4-12-8(3)9(10)7(2)11-12/h6,13H,4-5H2,1-3H3. The third-order valence-electron chi connectivity index (χ3n) is 2.09. The van der Waals surface area contributed by atoms with Gasteiger partial charge in [0.2, 0.25) is 0 Å². The van der Waals surface area contributed by atoms with Crippen LogP contribution in [0.25, 0.3) is 0 Å². The summed E-state index contributed by atoms with van der Waals surface area (Å²) in [5.41, 5.74) is 2.26. The Bertz CT molecular complexity index is 296. The van der Waals surface area contributed by atoms with Crippen molar-refractivity contribution in [3.05, 3.63) is 15.9 Å². The minimum Gasteiger partial charge on any atom is -0.268 e. The summed E-state index contributed by atoms with van der Waals surface area (Å²) >= 11 is 7.77. The maximum absolute atomic E-state index is 4.43. The first-order chi connectivity index (χ1) is 6.06. The monoisotopic (exact) mass is 262 g/mol. The molecular weight excluding hydrogens is 248 g/mol. The number of hydrogen-bond acceptors (Lipinski definition) is 2. The van der Waals surface area contributed by atoms with Crippen molar-refractivity contribution in [2.24, 2.45) is 5.92 Å². The number of nitrogens with zero attached hydrogens (tertiary/aromatic N) is 2. The lowest BCUT2D eigenvalue weighted by molar-refractivity contribution is 0.479. The molecule has 4 heteroatoms. The van der Waals surface area contributed by atoms with E-state index in [1.807, 2.05) is 11.6 Å². The molecule has 0 aromatic carbocycles. The maximum Gasteiger partial charge on any atom is 0.0738 e. The second-order valence-corrected chi connectivity index (χ2v) is 4.61. The summed E-state index contributed by atoms with van der Waals surface area (Å²) in [5.74, 6) is 1.46. The minimum atomic E-state index is 0.563. The molecule has 0 amide bonds. The molecule has 0 fully saturated rings. The lowest BCUT2D eigenvalue weighted by atomic mass is 10.2. The van der Waals surface area contributed by atoms with E-state index in [0.29, 0.717) is 5.92 Å². The van der Waals surface area contributed by atoms with Crippen LogP contribution >= 0.6 is 28.6 Å². The summed E-state index contributed by atoms with van der Waals surface area (Å²) < 4.78 is 3.17. The third-order valence-corrected chi connectivity index (χ3v) is 3.86. The molecule has 0 saturated heterocycles. The van der Waals surface area contributed by atoms with Gasteiger partial charge in [0.1, 0.15) is 0 Å². The van der Waals surface area contributed by atoms with Crippen molar-refractivity contribution in [1.29, 1.82) is 0 Å². The molecule has 0 aliphatic heterocycles. The van der Waals surface area contributed by atoms with Crippen LogP contribution in [0.4, 0.5) is 0 Å². The summed E-state index contributed by atoms with van der Waals surface area (Å²) in [6, 6.07) is 0. The Kier molecular flexibility index (Phi) is 3.86. The van der Waals surface area contributed by atoms with Crippen LogP contribution in [0.2, 0.25) is 0 Å². The van der Waals surface area contributed by atoms with Crippen LogP contribution in [0.1, 0.15) is 18.3 Å². The van der Waals surface area contributed by atoms with E-state index in [-0.39, 0.29) is 0 Å². The molecule has 0 radical (unpaired) electrons. The van der Waals surface area contributed by atoms with Crippen LogP contribution in [-0.2, 0) is 6.54 Å². The van der Waals surface area contributed by atoms with E-state index in [4.69, 9.17) is 0 Å². The quantitative estimate of drug-likeness (QED) is 0.830. The number of thiol groups is 1. The van der Waals surface area contributed by atoms with Crippen molar-refractivity contribution in [3.63, 3.8) is 0 Å². The Balaban J connectivity index is 2.83. The fourth-order valence-corrected chi connectivity index (χ4v) is 1.61. The third kappa shape index (κ3) is 2.50. The summed E-state index contributed by atoms with van der Waals surface area (Å²) in [6.45, 7) is 7.22. The van der Waals surface area contributed by atoms with E-state index in [0.717, 1.165) is 22.5 Å². The van der Waals surface area contributed by atoms with Gasteiger partial charge in [-0.15, -0.1) is 0 Å². The van der Waals surface area contributed by atoms with Gasteiger partial charge in [-0.3, -0.25) is 4.68 Å². The lowest BCUT2D eigenvalue weighted by Gasteiger charge is -2.09. The molecule has 0 N–H and O–H groups in total. The smallest absolute Gasteiger partial charge is 0.0738 e. The van der Waals surface area contributed by atoms with Crippen molar-refractivity contribution in [2.45, 2.75) is 27.3 Å². The zero-order valence-electron chi connectivity index (χ0n) is 8.21. The van der Waals surface area contributed by atoms with E-state index in [1.165, 1.54) is 5.69 Å². The first kappa shape index (κ1) is 11.1. The molecule has 13 heavy (non-hydrogen) atoms. The normalized spacial score (nSPS) is 13.3. The fraction of sp³-hybridized carbons (Fsp3) is 0.667. The Labute approximate surface area is 93.3 Å².